The van der Waals surface area contributed by atoms with Crippen LogP contribution >= 0.6 is 0 Å². The van der Waals surface area contributed by atoms with Gasteiger partial charge in [-0.3, -0.25) is 14.4 Å². The molecule has 0 radical (unpaired) electrons. The number of amides is 3. The molecule has 11 heteroatoms. The highest BCUT2D eigenvalue weighted by molar-refractivity contribution is 5.88. The number of methoxy groups -OCH3 is 1. The van der Waals surface area contributed by atoms with E-state index in [9.17, 15) is 24.6 Å². The molecule has 1 aromatic heterocycles. The molecular weight excluding hydrogens is 466 g/mol. The summed E-state index contributed by atoms with van der Waals surface area (Å²) in [6.45, 7) is 7.17. The largest absolute Gasteiger partial charge is 0.465 e. The van der Waals surface area contributed by atoms with Gasteiger partial charge in [0, 0.05) is 44.8 Å². The summed E-state index contributed by atoms with van der Waals surface area (Å²) < 4.78 is 7.17. The average Bonchev–Trinajstić information content (AvgIpc) is 3.61. The van der Waals surface area contributed by atoms with Crippen molar-refractivity contribution in [3.05, 3.63) is 29.0 Å². The summed E-state index contributed by atoms with van der Waals surface area (Å²) >= 11 is 0. The van der Waals surface area contributed by atoms with E-state index in [-0.39, 0.29) is 37.6 Å². The first-order valence-electron chi connectivity index (χ1n) is 12.4. The summed E-state index contributed by atoms with van der Waals surface area (Å²) in [5, 5.41) is 25.0. The molecule has 1 saturated carbocycles. The predicted octanol–water partition coefficient (Wildman–Crippen LogP) is 3.08. The van der Waals surface area contributed by atoms with Crippen molar-refractivity contribution >= 4 is 29.0 Å². The standard InChI is InChI=1S/C25H35N5O6/c1-15-12-18(13-20-22(15)16(2)26-29(20)8-5-11-36-4)17(3)30(19-6-7-19)23(31)21-14-27(24(32)33)9-10-28(21)25(34)35/h12-13,17,19,21H,5-11,14H2,1-4H3,(H,32,33)(H,34,35)/t17-,21-/m1/s1. The highest BCUT2D eigenvalue weighted by Gasteiger charge is 2.44. The van der Waals surface area contributed by atoms with Gasteiger partial charge in [0.05, 0.1) is 23.8 Å². The maximum Gasteiger partial charge on any atom is 0.408 e. The average molecular weight is 502 g/mol. The molecule has 2 aromatic rings. The van der Waals surface area contributed by atoms with Crippen molar-refractivity contribution in [2.24, 2.45) is 0 Å². The molecule has 0 unspecified atom stereocenters. The van der Waals surface area contributed by atoms with E-state index >= 15 is 0 Å². The summed E-state index contributed by atoms with van der Waals surface area (Å²) in [6.07, 6.45) is 0.142. The van der Waals surface area contributed by atoms with Crippen LogP contribution in [0.1, 0.15) is 49.0 Å². The minimum absolute atomic E-state index is 0.00713. The van der Waals surface area contributed by atoms with Crippen LogP contribution in [0.3, 0.4) is 0 Å². The van der Waals surface area contributed by atoms with Crippen molar-refractivity contribution in [1.82, 2.24) is 24.5 Å². The lowest BCUT2D eigenvalue weighted by molar-refractivity contribution is -0.141. The third kappa shape index (κ3) is 4.97. The molecule has 4 rings (SSSR count). The minimum atomic E-state index is -1.21. The molecule has 196 valence electrons. The Labute approximate surface area is 210 Å². The molecule has 2 heterocycles. The Morgan fingerprint density at radius 2 is 1.89 bits per heavy atom. The first kappa shape index (κ1) is 25.7. The number of piperazine rings is 1. The van der Waals surface area contributed by atoms with E-state index in [4.69, 9.17) is 9.84 Å². The van der Waals surface area contributed by atoms with Crippen LogP contribution in [0, 0.1) is 13.8 Å². The van der Waals surface area contributed by atoms with Crippen LogP contribution in [0.4, 0.5) is 9.59 Å². The molecule has 2 atom stereocenters. The fraction of sp³-hybridized carbons (Fsp3) is 0.600. The first-order valence-corrected chi connectivity index (χ1v) is 12.4. The smallest absolute Gasteiger partial charge is 0.408 e. The number of hydrogen-bond donors (Lipinski definition) is 2. The molecule has 3 amide bonds. The van der Waals surface area contributed by atoms with E-state index < -0.39 is 18.2 Å². The second-order valence-corrected chi connectivity index (χ2v) is 9.76. The van der Waals surface area contributed by atoms with Crippen LogP contribution in [0.15, 0.2) is 12.1 Å². The van der Waals surface area contributed by atoms with Crippen LogP contribution < -0.4 is 0 Å². The van der Waals surface area contributed by atoms with Gasteiger partial charge in [-0.05, 0) is 57.2 Å². The number of nitrogens with zero attached hydrogens (tertiary/aromatic N) is 5. The van der Waals surface area contributed by atoms with Gasteiger partial charge in [-0.15, -0.1) is 0 Å². The third-order valence-corrected chi connectivity index (χ3v) is 7.24. The number of aromatic nitrogens is 2. The number of aryl methyl sites for hydroxylation is 3. The van der Waals surface area contributed by atoms with Crippen molar-refractivity contribution < 1.29 is 29.3 Å². The Hall–Kier alpha value is -3.34. The maximum atomic E-state index is 13.8. The Morgan fingerprint density at radius 1 is 1.17 bits per heavy atom. The van der Waals surface area contributed by atoms with Crippen LogP contribution in [-0.2, 0) is 16.1 Å². The lowest BCUT2D eigenvalue weighted by Crippen LogP contribution is -2.62. The number of rotatable bonds is 8. The fourth-order valence-electron chi connectivity index (χ4n) is 5.29. The molecule has 0 bridgehead atoms. The number of benzene rings is 1. The summed E-state index contributed by atoms with van der Waals surface area (Å²) in [6, 6.07) is 2.77. The molecule has 2 fully saturated rings. The first-order chi connectivity index (χ1) is 17.1. The van der Waals surface area contributed by atoms with Crippen LogP contribution in [0.25, 0.3) is 10.9 Å². The normalized spacial score (nSPS) is 18.9. The molecule has 1 aliphatic carbocycles. The van der Waals surface area contributed by atoms with E-state index in [0.29, 0.717) is 13.2 Å². The second-order valence-electron chi connectivity index (χ2n) is 9.76. The van der Waals surface area contributed by atoms with Crippen molar-refractivity contribution in [1.29, 1.82) is 0 Å². The molecule has 2 aliphatic rings. The van der Waals surface area contributed by atoms with Gasteiger partial charge in [-0.25, -0.2) is 9.59 Å². The molecule has 2 N–H and O–H groups in total. The third-order valence-electron chi connectivity index (χ3n) is 7.24. The van der Waals surface area contributed by atoms with Gasteiger partial charge in [0.15, 0.2) is 0 Å². The summed E-state index contributed by atoms with van der Waals surface area (Å²) in [4.78, 5) is 41.3. The molecule has 1 aromatic carbocycles. The number of fused-ring (bicyclic) bond motifs is 1. The van der Waals surface area contributed by atoms with Gasteiger partial charge < -0.3 is 24.7 Å². The molecular formula is C25H35N5O6. The van der Waals surface area contributed by atoms with E-state index in [2.05, 4.69) is 12.1 Å². The van der Waals surface area contributed by atoms with Crippen molar-refractivity contribution in [3.63, 3.8) is 0 Å². The van der Waals surface area contributed by atoms with Crippen LogP contribution in [0.2, 0.25) is 0 Å². The van der Waals surface area contributed by atoms with Gasteiger partial charge in [0.25, 0.3) is 0 Å². The van der Waals surface area contributed by atoms with Crippen molar-refractivity contribution in [2.45, 2.75) is 64.7 Å². The van der Waals surface area contributed by atoms with Crippen molar-refractivity contribution in [2.75, 3.05) is 33.4 Å². The second kappa shape index (κ2) is 10.3. The summed E-state index contributed by atoms with van der Waals surface area (Å²) in [5.74, 6) is -0.346. The number of ether oxygens (including phenoxy) is 1. The Bertz CT molecular complexity index is 1160. The Balaban J connectivity index is 1.67. The highest BCUT2D eigenvalue weighted by atomic mass is 16.5. The molecule has 1 saturated heterocycles. The SMILES string of the molecule is COCCCn1nc(C)c2c(C)cc([C@@H](C)N(C(=O)[C@H]3CN(C(=O)O)CCN3C(=O)O)C3CC3)cc21. The topological polar surface area (TPSA) is 128 Å². The summed E-state index contributed by atoms with van der Waals surface area (Å²) in [5.41, 5.74) is 3.95. The molecule has 1 aliphatic heterocycles. The zero-order valence-corrected chi connectivity index (χ0v) is 21.3. The van der Waals surface area contributed by atoms with Crippen LogP contribution in [-0.4, -0.2) is 98.2 Å². The highest BCUT2D eigenvalue weighted by Crippen LogP contribution is 2.37. The van der Waals surface area contributed by atoms with E-state index in [1.54, 1.807) is 12.0 Å². The van der Waals surface area contributed by atoms with E-state index in [0.717, 1.165) is 56.8 Å². The van der Waals surface area contributed by atoms with Gasteiger partial charge in [-0.2, -0.15) is 5.10 Å². The molecule has 0 spiro atoms. The van der Waals surface area contributed by atoms with Gasteiger partial charge in [-0.1, -0.05) is 6.07 Å². The number of hydrogen-bond acceptors (Lipinski definition) is 5. The summed E-state index contributed by atoms with van der Waals surface area (Å²) in [7, 11) is 1.67. The van der Waals surface area contributed by atoms with E-state index in [1.807, 2.05) is 25.5 Å². The van der Waals surface area contributed by atoms with Crippen LogP contribution in [0.5, 0.6) is 0 Å². The van der Waals surface area contributed by atoms with Gasteiger partial charge in [0.1, 0.15) is 6.04 Å². The van der Waals surface area contributed by atoms with E-state index in [1.165, 1.54) is 0 Å². The fourth-order valence-corrected chi connectivity index (χ4v) is 5.29. The molecule has 36 heavy (non-hydrogen) atoms. The zero-order valence-electron chi connectivity index (χ0n) is 21.3. The lowest BCUT2D eigenvalue weighted by atomic mass is 9.99. The predicted molar refractivity (Wildman–Crippen MR) is 132 cm³/mol. The quantitative estimate of drug-likeness (QED) is 0.532. The van der Waals surface area contributed by atoms with Gasteiger partial charge in [0.2, 0.25) is 5.91 Å². The maximum absolute atomic E-state index is 13.8. The molecule has 11 nitrogen and oxygen atoms in total. The Kier molecular flexibility index (Phi) is 7.39. The number of carboxylic acid groups (broad SMARTS) is 2. The van der Waals surface area contributed by atoms with Crippen molar-refractivity contribution in [3.8, 4) is 0 Å². The van der Waals surface area contributed by atoms with Gasteiger partial charge >= 0.3 is 12.2 Å². The number of carbonyl (C=O) groups excluding carboxylic acids is 1. The lowest BCUT2D eigenvalue weighted by Gasteiger charge is -2.41. The minimum Gasteiger partial charge on any atom is -0.465 e. The number of carbonyl (C=O) groups is 3. The monoisotopic (exact) mass is 501 g/mol. The Morgan fingerprint density at radius 3 is 2.50 bits per heavy atom. The zero-order chi connectivity index (χ0) is 26.1.